The summed E-state index contributed by atoms with van der Waals surface area (Å²) in [5.74, 6) is 0.479. The number of benzene rings is 2. The molecule has 1 unspecified atom stereocenters. The molecule has 4 rings (SSSR count). The number of carbonyl (C=O) groups excluding carboxylic acids is 1. The van der Waals surface area contributed by atoms with Gasteiger partial charge in [0.2, 0.25) is 5.91 Å². The zero-order valence-electron chi connectivity index (χ0n) is 17.4. The highest BCUT2D eigenvalue weighted by atomic mass is 35.5. The maximum absolute atomic E-state index is 12.7. The van der Waals surface area contributed by atoms with Gasteiger partial charge >= 0.3 is 0 Å². The molecule has 1 aromatic heterocycles. The predicted molar refractivity (Wildman–Crippen MR) is 129 cm³/mol. The van der Waals surface area contributed by atoms with Crippen LogP contribution in [0.3, 0.4) is 0 Å². The smallest absolute Gasteiger partial charge is 0.237 e. The fraction of sp³-hybridized carbons (Fsp3) is 0.333. The highest BCUT2D eigenvalue weighted by molar-refractivity contribution is 5.85. The Morgan fingerprint density at radius 1 is 1.00 bits per heavy atom. The van der Waals surface area contributed by atoms with Crippen LogP contribution in [0.25, 0.3) is 0 Å². The van der Waals surface area contributed by atoms with Crippen molar-refractivity contribution in [2.45, 2.75) is 44.3 Å². The molecule has 0 radical (unpaired) electrons. The Hall–Kier alpha value is -2.34. The van der Waals surface area contributed by atoms with Gasteiger partial charge in [-0.2, -0.15) is 0 Å². The number of nitrogens with two attached hydrogens (primary N) is 1. The molecule has 166 valence electrons. The fourth-order valence-corrected chi connectivity index (χ4v) is 3.70. The third-order valence-electron chi connectivity index (χ3n) is 5.48. The molecule has 7 heteroatoms. The van der Waals surface area contributed by atoms with Crippen LogP contribution in [0.1, 0.15) is 29.7 Å². The van der Waals surface area contributed by atoms with E-state index in [0.717, 1.165) is 18.7 Å². The predicted octanol–water partition coefficient (Wildman–Crippen LogP) is 3.78. The summed E-state index contributed by atoms with van der Waals surface area (Å²) in [6.45, 7) is 0.760. The molecule has 0 spiro atoms. The second-order valence-electron chi connectivity index (χ2n) is 7.98. The minimum Gasteiger partial charge on any atom is -0.351 e. The SMILES string of the molecule is Cl.Cl.N[C@@H](Cc1cn(Cc2ccccc2)cn1)C(=O)NC(Cc1ccccc1)C1CC1. The Morgan fingerprint density at radius 3 is 2.23 bits per heavy atom. The Morgan fingerprint density at radius 2 is 1.61 bits per heavy atom. The summed E-state index contributed by atoms with van der Waals surface area (Å²) in [7, 11) is 0. The zero-order valence-corrected chi connectivity index (χ0v) is 19.0. The van der Waals surface area contributed by atoms with Gasteiger partial charge in [0.25, 0.3) is 0 Å². The van der Waals surface area contributed by atoms with Gasteiger partial charge < -0.3 is 15.6 Å². The van der Waals surface area contributed by atoms with Crippen molar-refractivity contribution in [3.8, 4) is 0 Å². The molecule has 1 heterocycles. The van der Waals surface area contributed by atoms with E-state index < -0.39 is 6.04 Å². The molecule has 1 aliphatic carbocycles. The number of halogens is 2. The van der Waals surface area contributed by atoms with Crippen LogP contribution in [0, 0.1) is 5.92 Å². The lowest BCUT2D eigenvalue weighted by atomic mass is 10.0. The van der Waals surface area contributed by atoms with Gasteiger partial charge in [-0.3, -0.25) is 4.79 Å². The quantitative estimate of drug-likeness (QED) is 0.510. The molecule has 1 aliphatic rings. The molecule has 2 aromatic carbocycles. The molecule has 3 aromatic rings. The first-order valence-corrected chi connectivity index (χ1v) is 10.3. The summed E-state index contributed by atoms with van der Waals surface area (Å²) in [5.41, 5.74) is 9.52. The van der Waals surface area contributed by atoms with E-state index in [1.165, 1.54) is 24.0 Å². The second-order valence-corrected chi connectivity index (χ2v) is 7.98. The number of carbonyl (C=O) groups is 1. The number of hydrogen-bond acceptors (Lipinski definition) is 3. The van der Waals surface area contributed by atoms with E-state index in [4.69, 9.17) is 5.73 Å². The molecule has 1 fully saturated rings. The number of rotatable bonds is 9. The van der Waals surface area contributed by atoms with Crippen molar-refractivity contribution < 1.29 is 4.79 Å². The van der Waals surface area contributed by atoms with Crippen LogP contribution < -0.4 is 11.1 Å². The average Bonchev–Trinajstić information content (AvgIpc) is 3.50. The lowest BCUT2D eigenvalue weighted by molar-refractivity contribution is -0.123. The standard InChI is InChI=1S/C24H28N4O.2ClH/c25-22(14-21-16-28(17-26-21)15-19-9-5-2-6-10-19)24(29)27-23(20-11-12-20)13-18-7-3-1-4-8-18;;/h1-10,16-17,20,22-23H,11-15,25H2,(H,27,29);2*1H/t22-,23?;;/m0../s1. The van der Waals surface area contributed by atoms with Crippen LogP contribution in [-0.2, 0) is 24.2 Å². The van der Waals surface area contributed by atoms with Crippen molar-refractivity contribution in [1.82, 2.24) is 14.9 Å². The van der Waals surface area contributed by atoms with Gasteiger partial charge in [0.05, 0.1) is 18.1 Å². The Kier molecular flexibility index (Phi) is 9.56. The van der Waals surface area contributed by atoms with E-state index in [1.54, 1.807) is 6.33 Å². The van der Waals surface area contributed by atoms with Gasteiger partial charge in [-0.1, -0.05) is 60.7 Å². The summed E-state index contributed by atoms with van der Waals surface area (Å²) in [4.78, 5) is 17.1. The van der Waals surface area contributed by atoms with E-state index in [1.807, 2.05) is 47.2 Å². The van der Waals surface area contributed by atoms with Crippen LogP contribution in [0.15, 0.2) is 73.2 Å². The van der Waals surface area contributed by atoms with Gasteiger partial charge in [-0.05, 0) is 36.3 Å². The number of amides is 1. The zero-order chi connectivity index (χ0) is 20.1. The summed E-state index contributed by atoms with van der Waals surface area (Å²) in [5, 5.41) is 3.20. The van der Waals surface area contributed by atoms with Crippen LogP contribution in [0.5, 0.6) is 0 Å². The van der Waals surface area contributed by atoms with Crippen molar-refractivity contribution in [3.63, 3.8) is 0 Å². The Labute approximate surface area is 196 Å². The number of aromatic nitrogens is 2. The lowest BCUT2D eigenvalue weighted by Crippen LogP contribution is -2.48. The average molecular weight is 461 g/mol. The van der Waals surface area contributed by atoms with Gasteiger partial charge in [0, 0.05) is 25.2 Å². The third-order valence-corrected chi connectivity index (χ3v) is 5.48. The first-order valence-electron chi connectivity index (χ1n) is 10.3. The molecule has 31 heavy (non-hydrogen) atoms. The molecular weight excluding hydrogens is 431 g/mol. The number of hydrogen-bond donors (Lipinski definition) is 2. The highest BCUT2D eigenvalue weighted by Gasteiger charge is 2.33. The Bertz CT molecular complexity index is 929. The number of imidazole rings is 1. The van der Waals surface area contributed by atoms with E-state index in [2.05, 4.69) is 34.6 Å². The topological polar surface area (TPSA) is 72.9 Å². The molecule has 0 bridgehead atoms. The van der Waals surface area contributed by atoms with E-state index in [-0.39, 0.29) is 36.8 Å². The summed E-state index contributed by atoms with van der Waals surface area (Å²) in [6, 6.07) is 20.1. The minimum atomic E-state index is -0.591. The van der Waals surface area contributed by atoms with Crippen molar-refractivity contribution in [3.05, 3.63) is 90.0 Å². The molecular formula is C24H30Cl2N4O. The van der Waals surface area contributed by atoms with Gasteiger partial charge in [0.1, 0.15) is 0 Å². The van der Waals surface area contributed by atoms with Crippen LogP contribution >= 0.6 is 24.8 Å². The van der Waals surface area contributed by atoms with Crippen LogP contribution in [0.4, 0.5) is 0 Å². The van der Waals surface area contributed by atoms with Crippen molar-refractivity contribution in [2.75, 3.05) is 0 Å². The Balaban J connectivity index is 0.00000171. The first kappa shape index (κ1) is 24.9. The van der Waals surface area contributed by atoms with Gasteiger partial charge in [-0.25, -0.2) is 4.98 Å². The van der Waals surface area contributed by atoms with Gasteiger partial charge in [-0.15, -0.1) is 24.8 Å². The normalized spacial score (nSPS) is 14.6. The van der Waals surface area contributed by atoms with E-state index >= 15 is 0 Å². The molecule has 3 N–H and O–H groups in total. The van der Waals surface area contributed by atoms with Crippen LogP contribution in [-0.4, -0.2) is 27.5 Å². The van der Waals surface area contributed by atoms with Crippen LogP contribution in [0.2, 0.25) is 0 Å². The first-order chi connectivity index (χ1) is 14.2. The van der Waals surface area contributed by atoms with Gasteiger partial charge in [0.15, 0.2) is 0 Å². The summed E-state index contributed by atoms with van der Waals surface area (Å²) < 4.78 is 2.03. The summed E-state index contributed by atoms with van der Waals surface area (Å²) in [6.07, 6.45) is 7.43. The van der Waals surface area contributed by atoms with Crippen molar-refractivity contribution >= 4 is 30.7 Å². The van der Waals surface area contributed by atoms with Crippen molar-refractivity contribution in [2.24, 2.45) is 11.7 Å². The summed E-state index contributed by atoms with van der Waals surface area (Å²) >= 11 is 0. The molecule has 2 atom stereocenters. The van der Waals surface area contributed by atoms with Crippen molar-refractivity contribution in [1.29, 1.82) is 0 Å². The molecule has 0 aliphatic heterocycles. The number of nitrogens with one attached hydrogen (secondary N) is 1. The molecule has 0 saturated heterocycles. The maximum Gasteiger partial charge on any atom is 0.237 e. The molecule has 1 saturated carbocycles. The van der Waals surface area contributed by atoms with E-state index in [9.17, 15) is 4.79 Å². The monoisotopic (exact) mass is 460 g/mol. The second kappa shape index (κ2) is 11.9. The third kappa shape index (κ3) is 7.39. The van der Waals surface area contributed by atoms with E-state index in [0.29, 0.717) is 12.3 Å². The minimum absolute atomic E-state index is 0. The molecule has 5 nitrogen and oxygen atoms in total. The maximum atomic E-state index is 12.7. The molecule has 1 amide bonds. The fourth-order valence-electron chi connectivity index (χ4n) is 3.70. The lowest BCUT2D eigenvalue weighted by Gasteiger charge is -2.21. The highest BCUT2D eigenvalue weighted by Crippen LogP contribution is 2.34. The largest absolute Gasteiger partial charge is 0.351 e. The number of nitrogens with zero attached hydrogens (tertiary/aromatic N) is 2.